The molecule has 0 amide bonds. The normalized spacial score (nSPS) is 38.6. The Kier molecular flexibility index (Phi) is 6.22. The molecule has 0 N–H and O–H groups in total. The fourth-order valence-corrected chi connectivity index (χ4v) is 6.84. The fourth-order valence-electron chi connectivity index (χ4n) is 6.84. The number of carbonyl (C=O) groups excluding carboxylic acids is 1. The number of hydrogen-bond acceptors (Lipinski definition) is 3. The van der Waals surface area contributed by atoms with Crippen LogP contribution in [0.25, 0.3) is 5.53 Å². The van der Waals surface area contributed by atoms with Gasteiger partial charge < -0.3 is 15.0 Å². The van der Waals surface area contributed by atoms with Crippen LogP contribution in [0.15, 0.2) is 0 Å². The fraction of sp³-hybridized carbons (Fsp3) is 0.913. The van der Waals surface area contributed by atoms with Gasteiger partial charge in [-0.1, -0.05) is 32.1 Å². The summed E-state index contributed by atoms with van der Waals surface area (Å²) in [5.74, 6) is 1.40. The van der Waals surface area contributed by atoms with Gasteiger partial charge in [0.15, 0.2) is 0 Å². The van der Waals surface area contributed by atoms with E-state index in [-0.39, 0.29) is 29.3 Å². The van der Waals surface area contributed by atoms with Crippen molar-refractivity contribution >= 4 is 11.7 Å². The smallest absolute Gasteiger partial charge is 0.417 e. The maximum atomic E-state index is 13.2. The molecule has 0 radical (unpaired) electrons. The molecule has 0 aromatic rings. The summed E-state index contributed by atoms with van der Waals surface area (Å²) in [6.07, 6.45) is 16.0. The second kappa shape index (κ2) is 8.67. The van der Waals surface area contributed by atoms with E-state index in [2.05, 4.69) is 4.79 Å². The molecule has 156 valence electrons. The van der Waals surface area contributed by atoms with Crippen LogP contribution in [0.1, 0.15) is 89.9 Å². The minimum Gasteiger partial charge on any atom is -0.450 e. The molecule has 4 saturated carbocycles. The minimum atomic E-state index is -0.349. The van der Waals surface area contributed by atoms with Crippen molar-refractivity contribution in [3.63, 3.8) is 0 Å². The Morgan fingerprint density at radius 1 is 0.929 bits per heavy atom. The Bertz CT molecular complexity index is 606. The lowest BCUT2D eigenvalue weighted by atomic mass is 9.50. The van der Waals surface area contributed by atoms with Gasteiger partial charge in [-0.2, -0.15) is 4.79 Å². The predicted octanol–water partition coefficient (Wildman–Crippen LogP) is 4.93. The molecule has 3 atom stereocenters. The quantitative estimate of drug-likeness (QED) is 0.290. The van der Waals surface area contributed by atoms with Crippen LogP contribution >= 0.6 is 0 Å². The highest BCUT2D eigenvalue weighted by Gasteiger charge is 2.61. The molecule has 4 aliphatic rings. The Morgan fingerprint density at radius 2 is 1.61 bits per heavy atom. The van der Waals surface area contributed by atoms with E-state index in [0.717, 1.165) is 38.0 Å². The Labute approximate surface area is 169 Å². The van der Waals surface area contributed by atoms with Gasteiger partial charge in [0.05, 0.1) is 12.0 Å². The Balaban J connectivity index is 1.48. The Hall–Kier alpha value is -1.19. The highest BCUT2D eigenvalue weighted by molar-refractivity contribution is 6.34. The van der Waals surface area contributed by atoms with Crippen molar-refractivity contribution in [3.05, 3.63) is 5.53 Å². The third-order valence-electron chi connectivity index (χ3n) is 8.41. The molecule has 0 saturated heterocycles. The van der Waals surface area contributed by atoms with Crippen LogP contribution in [-0.4, -0.2) is 35.3 Å². The highest BCUT2D eigenvalue weighted by Crippen LogP contribution is 2.59. The lowest BCUT2D eigenvalue weighted by Gasteiger charge is -2.60. The zero-order valence-electron chi connectivity index (χ0n) is 17.4. The zero-order chi connectivity index (χ0) is 19.6. The number of hydrogen-bond donors (Lipinski definition) is 0. The molecule has 0 aliphatic heterocycles. The maximum absolute atomic E-state index is 13.2. The van der Waals surface area contributed by atoms with Crippen molar-refractivity contribution in [2.75, 3.05) is 7.11 Å². The molecule has 0 unspecified atom stereocenters. The number of methoxy groups -OCH3 is 1. The van der Waals surface area contributed by atoms with E-state index in [1.807, 2.05) is 0 Å². The van der Waals surface area contributed by atoms with Crippen molar-refractivity contribution < 1.29 is 19.1 Å². The zero-order valence-corrected chi connectivity index (χ0v) is 17.4. The predicted molar refractivity (Wildman–Crippen MR) is 107 cm³/mol. The van der Waals surface area contributed by atoms with Crippen LogP contribution in [0.5, 0.6) is 0 Å². The first kappa shape index (κ1) is 20.1. The van der Waals surface area contributed by atoms with Gasteiger partial charge in [0.25, 0.3) is 0 Å². The van der Waals surface area contributed by atoms with E-state index in [4.69, 9.17) is 9.47 Å². The van der Waals surface area contributed by atoms with Gasteiger partial charge in [-0.3, -0.25) is 0 Å². The van der Waals surface area contributed by atoms with E-state index in [1.165, 1.54) is 57.8 Å². The summed E-state index contributed by atoms with van der Waals surface area (Å²) in [6.45, 7) is 0. The number of nitrogens with zero attached hydrogens (tertiary/aromatic N) is 2. The van der Waals surface area contributed by atoms with Crippen LogP contribution in [0.4, 0.5) is 0 Å². The third kappa shape index (κ3) is 3.68. The molecule has 0 aromatic heterocycles. The first-order valence-corrected chi connectivity index (χ1v) is 11.7. The summed E-state index contributed by atoms with van der Waals surface area (Å²) in [5.41, 5.74) is 9.62. The standard InChI is InChI=1S/C23H36N2O3/c1-27-19-13-11-16(12-14-19)21(25-24)22(26)28-23(18-8-3-2-4-9-18)15-17-7-5-6-10-20(17)23/h16-20H,2-15H2,1H3/t16?,17-,19?,20+,23+/m0/s1. The van der Waals surface area contributed by atoms with E-state index in [9.17, 15) is 10.3 Å². The summed E-state index contributed by atoms with van der Waals surface area (Å²) >= 11 is 0. The molecule has 4 rings (SSSR count). The summed E-state index contributed by atoms with van der Waals surface area (Å²) in [5, 5.41) is 0. The third-order valence-corrected chi connectivity index (χ3v) is 8.41. The van der Waals surface area contributed by atoms with Crippen LogP contribution in [0.3, 0.4) is 0 Å². The summed E-state index contributed by atoms with van der Waals surface area (Å²) in [4.78, 5) is 16.7. The van der Waals surface area contributed by atoms with Gasteiger partial charge in [0.1, 0.15) is 5.60 Å². The summed E-state index contributed by atoms with van der Waals surface area (Å²) in [7, 11) is 1.74. The summed E-state index contributed by atoms with van der Waals surface area (Å²) in [6, 6.07) is 0. The SMILES string of the molecule is COC1CCC(C(=[N+]=[N-])C(=O)O[C@@]2(C3CCCCC3)C[C@@H]3CCCC[C@H]32)CC1. The van der Waals surface area contributed by atoms with Gasteiger partial charge in [-0.05, 0) is 69.6 Å². The van der Waals surface area contributed by atoms with Crippen LogP contribution in [0.2, 0.25) is 0 Å². The van der Waals surface area contributed by atoms with Gasteiger partial charge >= 0.3 is 11.7 Å². The molecule has 0 heterocycles. The number of rotatable bonds is 5. The lowest BCUT2D eigenvalue weighted by Crippen LogP contribution is -2.62. The molecule has 0 spiro atoms. The second-order valence-electron chi connectivity index (χ2n) is 9.73. The number of ether oxygens (including phenoxy) is 2. The molecular weight excluding hydrogens is 352 g/mol. The Morgan fingerprint density at radius 3 is 2.25 bits per heavy atom. The lowest BCUT2D eigenvalue weighted by molar-refractivity contribution is -0.222. The number of carbonyl (C=O) groups is 1. The highest BCUT2D eigenvalue weighted by atomic mass is 16.6. The molecule has 0 aromatic carbocycles. The molecule has 4 aliphatic carbocycles. The average molecular weight is 389 g/mol. The molecule has 28 heavy (non-hydrogen) atoms. The topological polar surface area (TPSA) is 71.9 Å². The van der Waals surface area contributed by atoms with Crippen LogP contribution in [-0.2, 0) is 14.3 Å². The maximum Gasteiger partial charge on any atom is 0.417 e. The monoisotopic (exact) mass is 388 g/mol. The van der Waals surface area contributed by atoms with Crippen LogP contribution in [0, 0.1) is 23.7 Å². The number of fused-ring (bicyclic) bond motifs is 1. The van der Waals surface area contributed by atoms with E-state index >= 15 is 0 Å². The first-order valence-electron chi connectivity index (χ1n) is 11.7. The van der Waals surface area contributed by atoms with Gasteiger partial charge in [0.2, 0.25) is 0 Å². The first-order chi connectivity index (χ1) is 13.7. The molecular formula is C23H36N2O3. The van der Waals surface area contributed by atoms with Crippen LogP contribution < -0.4 is 0 Å². The summed E-state index contributed by atoms with van der Waals surface area (Å²) < 4.78 is 11.8. The van der Waals surface area contributed by atoms with Crippen molar-refractivity contribution in [1.82, 2.24) is 0 Å². The molecule has 4 fully saturated rings. The van der Waals surface area contributed by atoms with E-state index < -0.39 is 0 Å². The number of esters is 1. The minimum absolute atomic E-state index is 0.00506. The molecule has 0 bridgehead atoms. The van der Waals surface area contributed by atoms with E-state index in [0.29, 0.717) is 11.8 Å². The second-order valence-corrected chi connectivity index (χ2v) is 9.73. The van der Waals surface area contributed by atoms with Crippen molar-refractivity contribution in [2.24, 2.45) is 23.7 Å². The van der Waals surface area contributed by atoms with Gasteiger partial charge in [-0.25, -0.2) is 4.79 Å². The average Bonchev–Trinajstić information content (AvgIpc) is 2.73. The van der Waals surface area contributed by atoms with Gasteiger partial charge in [-0.15, -0.1) is 0 Å². The van der Waals surface area contributed by atoms with Gasteiger partial charge in [0, 0.05) is 13.0 Å². The molecule has 5 heteroatoms. The van der Waals surface area contributed by atoms with Crippen molar-refractivity contribution in [3.8, 4) is 0 Å². The largest absolute Gasteiger partial charge is 0.450 e. The van der Waals surface area contributed by atoms with Crippen molar-refractivity contribution in [1.29, 1.82) is 0 Å². The van der Waals surface area contributed by atoms with Crippen molar-refractivity contribution in [2.45, 2.75) is 102 Å². The van der Waals surface area contributed by atoms with E-state index in [1.54, 1.807) is 7.11 Å². The molecule has 5 nitrogen and oxygen atoms in total.